The van der Waals surface area contributed by atoms with Gasteiger partial charge in [0.25, 0.3) is 5.56 Å². The second-order valence-electron chi connectivity index (χ2n) is 5.20. The minimum Gasteiger partial charge on any atom is -0.348 e. The molecule has 0 bridgehead atoms. The van der Waals surface area contributed by atoms with Gasteiger partial charge in [0.1, 0.15) is 5.82 Å². The second-order valence-corrected chi connectivity index (χ2v) is 5.20. The number of likely N-dealkylation sites (N-methyl/N-ethyl adjacent to an activating group) is 1. The molecule has 24 heavy (non-hydrogen) atoms. The monoisotopic (exact) mass is 332 g/mol. The van der Waals surface area contributed by atoms with Crippen LogP contribution >= 0.6 is 0 Å². The van der Waals surface area contributed by atoms with Gasteiger partial charge in [-0.15, -0.1) is 0 Å². The molecule has 0 spiro atoms. The van der Waals surface area contributed by atoms with E-state index in [9.17, 15) is 14.4 Å². The summed E-state index contributed by atoms with van der Waals surface area (Å²) in [4.78, 5) is 42.5. The third-order valence-corrected chi connectivity index (χ3v) is 3.38. The standard InChI is InChI=1S/C15H20N6O3/c1-5-10-9(4)17-15(19-12(10)22)21-11(7-8(3)20-21)18-14(24)13(23)16-6-2/h7H,5-6H2,1-4H3,(H,16,23)(H,18,24)(H,17,19,22). The normalized spacial score (nSPS) is 10.5. The number of nitrogens with one attached hydrogen (secondary N) is 3. The molecule has 2 aromatic rings. The van der Waals surface area contributed by atoms with Crippen LogP contribution in [-0.4, -0.2) is 38.1 Å². The Bertz CT molecular complexity index is 836. The molecule has 0 aliphatic heterocycles. The molecular weight excluding hydrogens is 312 g/mol. The quantitative estimate of drug-likeness (QED) is 0.691. The van der Waals surface area contributed by atoms with Gasteiger partial charge in [-0.2, -0.15) is 9.78 Å². The molecule has 0 atom stereocenters. The van der Waals surface area contributed by atoms with E-state index >= 15 is 0 Å². The first-order chi connectivity index (χ1) is 11.4. The van der Waals surface area contributed by atoms with Crippen molar-refractivity contribution in [1.82, 2.24) is 25.1 Å². The van der Waals surface area contributed by atoms with Crippen LogP contribution in [0.4, 0.5) is 5.82 Å². The van der Waals surface area contributed by atoms with Crippen LogP contribution in [-0.2, 0) is 16.0 Å². The minimum atomic E-state index is -0.817. The number of anilines is 1. The molecule has 2 rings (SSSR count). The molecule has 0 saturated carbocycles. The van der Waals surface area contributed by atoms with E-state index in [-0.39, 0.29) is 17.3 Å². The van der Waals surface area contributed by atoms with E-state index in [0.29, 0.717) is 29.9 Å². The van der Waals surface area contributed by atoms with Crippen molar-refractivity contribution in [3.8, 4) is 5.95 Å². The molecule has 0 unspecified atom stereocenters. The highest BCUT2D eigenvalue weighted by Crippen LogP contribution is 2.14. The Labute approximate surface area is 138 Å². The molecule has 0 radical (unpaired) electrons. The number of H-pyrrole nitrogens is 1. The Hall–Kier alpha value is -2.97. The molecule has 9 nitrogen and oxygen atoms in total. The molecule has 9 heteroatoms. The topological polar surface area (TPSA) is 122 Å². The molecular formula is C15H20N6O3. The first-order valence-electron chi connectivity index (χ1n) is 7.63. The predicted octanol–water partition coefficient (Wildman–Crippen LogP) is 0.209. The molecule has 0 saturated heterocycles. The van der Waals surface area contributed by atoms with Gasteiger partial charge in [0.15, 0.2) is 0 Å². The number of amides is 2. The van der Waals surface area contributed by atoms with E-state index in [2.05, 4.69) is 25.7 Å². The summed E-state index contributed by atoms with van der Waals surface area (Å²) < 4.78 is 1.29. The largest absolute Gasteiger partial charge is 0.348 e. The summed E-state index contributed by atoms with van der Waals surface area (Å²) in [6, 6.07) is 1.58. The van der Waals surface area contributed by atoms with Crippen LogP contribution in [0.25, 0.3) is 5.95 Å². The molecule has 0 aromatic carbocycles. The number of carbonyl (C=O) groups excluding carboxylic acids is 2. The lowest BCUT2D eigenvalue weighted by Crippen LogP contribution is -2.35. The maximum atomic E-state index is 12.1. The fraction of sp³-hybridized carbons (Fsp3) is 0.400. The molecule has 0 aliphatic carbocycles. The summed E-state index contributed by atoms with van der Waals surface area (Å²) >= 11 is 0. The van der Waals surface area contributed by atoms with Crippen LogP contribution in [0.15, 0.2) is 10.9 Å². The van der Waals surface area contributed by atoms with Crippen LogP contribution < -0.4 is 16.2 Å². The Morgan fingerprint density at radius 1 is 1.25 bits per heavy atom. The van der Waals surface area contributed by atoms with Crippen molar-refractivity contribution in [3.63, 3.8) is 0 Å². The average Bonchev–Trinajstić information content (AvgIpc) is 2.87. The number of hydrogen-bond acceptors (Lipinski definition) is 5. The van der Waals surface area contributed by atoms with Crippen molar-refractivity contribution in [2.45, 2.75) is 34.1 Å². The van der Waals surface area contributed by atoms with Crippen molar-refractivity contribution in [3.05, 3.63) is 33.4 Å². The van der Waals surface area contributed by atoms with E-state index in [1.165, 1.54) is 4.68 Å². The summed E-state index contributed by atoms with van der Waals surface area (Å²) in [6.45, 7) is 7.39. The molecule has 0 fully saturated rings. The van der Waals surface area contributed by atoms with Gasteiger partial charge in [-0.1, -0.05) is 6.92 Å². The first-order valence-corrected chi connectivity index (χ1v) is 7.63. The van der Waals surface area contributed by atoms with Crippen molar-refractivity contribution in [2.75, 3.05) is 11.9 Å². The number of aromatic nitrogens is 4. The highest BCUT2D eigenvalue weighted by atomic mass is 16.2. The van der Waals surface area contributed by atoms with E-state index < -0.39 is 11.8 Å². The summed E-state index contributed by atoms with van der Waals surface area (Å²) in [5, 5.41) is 9.09. The SMILES string of the molecule is CCNC(=O)C(=O)Nc1cc(C)nn1-c1nc(C)c(CC)c(=O)[nH]1. The number of aromatic amines is 1. The van der Waals surface area contributed by atoms with E-state index in [4.69, 9.17) is 0 Å². The van der Waals surface area contributed by atoms with Crippen molar-refractivity contribution in [1.29, 1.82) is 0 Å². The summed E-state index contributed by atoms with van der Waals surface area (Å²) in [7, 11) is 0. The molecule has 2 heterocycles. The van der Waals surface area contributed by atoms with Crippen LogP contribution in [0, 0.1) is 13.8 Å². The highest BCUT2D eigenvalue weighted by molar-refractivity contribution is 6.39. The summed E-state index contributed by atoms with van der Waals surface area (Å²) in [6.07, 6.45) is 0.563. The highest BCUT2D eigenvalue weighted by Gasteiger charge is 2.18. The Morgan fingerprint density at radius 3 is 2.54 bits per heavy atom. The Kier molecular flexibility index (Phi) is 5.12. The maximum Gasteiger partial charge on any atom is 0.314 e. The van der Waals surface area contributed by atoms with Gasteiger partial charge in [-0.25, -0.2) is 4.98 Å². The summed E-state index contributed by atoms with van der Waals surface area (Å²) in [5.74, 6) is -1.14. The Balaban J connectivity index is 2.41. The molecule has 2 amide bonds. The third kappa shape index (κ3) is 3.50. The third-order valence-electron chi connectivity index (χ3n) is 3.38. The average molecular weight is 332 g/mol. The fourth-order valence-corrected chi connectivity index (χ4v) is 2.28. The zero-order valence-corrected chi connectivity index (χ0v) is 14.1. The number of nitrogens with zero attached hydrogens (tertiary/aromatic N) is 3. The molecule has 128 valence electrons. The second kappa shape index (κ2) is 7.07. The van der Waals surface area contributed by atoms with Gasteiger partial charge in [0.2, 0.25) is 5.95 Å². The van der Waals surface area contributed by atoms with Crippen LogP contribution in [0.2, 0.25) is 0 Å². The lowest BCUT2D eigenvalue weighted by atomic mass is 10.2. The number of aryl methyl sites for hydroxylation is 2. The van der Waals surface area contributed by atoms with Crippen molar-refractivity contribution >= 4 is 17.6 Å². The number of rotatable bonds is 4. The van der Waals surface area contributed by atoms with E-state index in [0.717, 1.165) is 0 Å². The maximum absolute atomic E-state index is 12.1. The van der Waals surface area contributed by atoms with Crippen LogP contribution in [0.1, 0.15) is 30.8 Å². The number of hydrogen-bond donors (Lipinski definition) is 3. The first kappa shape index (κ1) is 17.4. The van der Waals surface area contributed by atoms with Gasteiger partial charge < -0.3 is 10.6 Å². The van der Waals surface area contributed by atoms with Gasteiger partial charge in [0, 0.05) is 23.9 Å². The minimum absolute atomic E-state index is 0.175. The van der Waals surface area contributed by atoms with Gasteiger partial charge >= 0.3 is 11.8 Å². The van der Waals surface area contributed by atoms with Crippen LogP contribution in [0.3, 0.4) is 0 Å². The van der Waals surface area contributed by atoms with E-state index in [1.807, 2.05) is 6.92 Å². The fourth-order valence-electron chi connectivity index (χ4n) is 2.28. The Morgan fingerprint density at radius 2 is 1.96 bits per heavy atom. The van der Waals surface area contributed by atoms with E-state index in [1.54, 1.807) is 26.8 Å². The molecule has 0 aliphatic rings. The molecule has 2 aromatic heterocycles. The van der Waals surface area contributed by atoms with Crippen LogP contribution in [0.5, 0.6) is 0 Å². The van der Waals surface area contributed by atoms with Gasteiger partial charge in [-0.3, -0.25) is 19.4 Å². The zero-order valence-electron chi connectivity index (χ0n) is 14.1. The van der Waals surface area contributed by atoms with Gasteiger partial charge in [-0.05, 0) is 27.2 Å². The van der Waals surface area contributed by atoms with Crippen molar-refractivity contribution < 1.29 is 9.59 Å². The smallest absolute Gasteiger partial charge is 0.314 e. The molecule has 3 N–H and O–H groups in total. The zero-order chi connectivity index (χ0) is 17.9. The lowest BCUT2D eigenvalue weighted by Gasteiger charge is -2.09. The number of carbonyl (C=O) groups is 2. The lowest BCUT2D eigenvalue weighted by molar-refractivity contribution is -0.136. The van der Waals surface area contributed by atoms with Gasteiger partial charge in [0.05, 0.1) is 5.69 Å². The summed E-state index contributed by atoms with van der Waals surface area (Å²) in [5.41, 5.74) is 1.52. The predicted molar refractivity (Wildman–Crippen MR) is 88.1 cm³/mol. The van der Waals surface area contributed by atoms with Crippen molar-refractivity contribution in [2.24, 2.45) is 0 Å².